The fourth-order valence-corrected chi connectivity index (χ4v) is 4.13. The van der Waals surface area contributed by atoms with Gasteiger partial charge in [-0.1, -0.05) is 37.5 Å². The number of amides is 1. The van der Waals surface area contributed by atoms with Gasteiger partial charge in [0, 0.05) is 26.2 Å². The van der Waals surface area contributed by atoms with Gasteiger partial charge >= 0.3 is 0 Å². The summed E-state index contributed by atoms with van der Waals surface area (Å²) in [5.74, 6) is 1.36. The molecule has 2 heterocycles. The van der Waals surface area contributed by atoms with Gasteiger partial charge in [-0.15, -0.1) is 0 Å². The summed E-state index contributed by atoms with van der Waals surface area (Å²) in [5, 5.41) is 0. The van der Waals surface area contributed by atoms with Gasteiger partial charge in [0.25, 0.3) is 0 Å². The zero-order valence-electron chi connectivity index (χ0n) is 16.5. The highest BCUT2D eigenvalue weighted by Crippen LogP contribution is 2.26. The topological polar surface area (TPSA) is 32.8 Å². The van der Waals surface area contributed by atoms with Crippen molar-refractivity contribution >= 4 is 5.91 Å². The molecule has 2 aliphatic rings. The first-order valence-electron chi connectivity index (χ1n) is 10.4. The summed E-state index contributed by atoms with van der Waals surface area (Å²) in [6, 6.07) is 6.30. The van der Waals surface area contributed by atoms with Gasteiger partial charge < -0.3 is 9.64 Å². The molecule has 1 aromatic carbocycles. The third-order valence-corrected chi connectivity index (χ3v) is 5.80. The number of para-hydroxylation sites is 1. The van der Waals surface area contributed by atoms with Crippen LogP contribution in [0.2, 0.25) is 0 Å². The molecule has 4 heteroatoms. The Morgan fingerprint density at radius 2 is 1.54 bits per heavy atom. The maximum atomic E-state index is 12.6. The molecule has 0 spiro atoms. The van der Waals surface area contributed by atoms with Crippen molar-refractivity contribution in [2.45, 2.75) is 64.9 Å². The Hall–Kier alpha value is -1.55. The lowest BCUT2D eigenvalue weighted by molar-refractivity contribution is -0.133. The fourth-order valence-electron chi connectivity index (χ4n) is 4.13. The van der Waals surface area contributed by atoms with Crippen LogP contribution in [0.4, 0.5) is 0 Å². The minimum atomic E-state index is 0.267. The summed E-state index contributed by atoms with van der Waals surface area (Å²) in [5.41, 5.74) is 2.42. The van der Waals surface area contributed by atoms with E-state index in [4.69, 9.17) is 4.74 Å². The Bertz CT molecular complexity index is 566. The predicted octanol–water partition coefficient (Wildman–Crippen LogP) is 3.94. The molecular weight excluding hydrogens is 324 g/mol. The zero-order valence-corrected chi connectivity index (χ0v) is 16.5. The molecule has 0 aliphatic carbocycles. The first-order chi connectivity index (χ1) is 12.6. The van der Waals surface area contributed by atoms with Gasteiger partial charge in [0.05, 0.1) is 6.54 Å². The second-order valence-corrected chi connectivity index (χ2v) is 7.96. The number of likely N-dealkylation sites (tertiary alicyclic amines) is 2. The number of nitrogens with zero attached hydrogens (tertiary/aromatic N) is 2. The molecule has 0 aromatic heterocycles. The summed E-state index contributed by atoms with van der Waals surface area (Å²) in [4.78, 5) is 17.1. The lowest BCUT2D eigenvalue weighted by Crippen LogP contribution is -2.45. The molecule has 1 aromatic rings. The third kappa shape index (κ3) is 5.23. The van der Waals surface area contributed by atoms with Crippen LogP contribution in [0.15, 0.2) is 18.2 Å². The smallest absolute Gasteiger partial charge is 0.236 e. The Balaban J connectivity index is 1.45. The molecule has 2 fully saturated rings. The fraction of sp³-hybridized carbons (Fsp3) is 0.682. The quantitative estimate of drug-likeness (QED) is 0.817. The van der Waals surface area contributed by atoms with Crippen LogP contribution < -0.4 is 4.74 Å². The van der Waals surface area contributed by atoms with E-state index in [1.807, 2.05) is 0 Å². The van der Waals surface area contributed by atoms with Crippen molar-refractivity contribution < 1.29 is 9.53 Å². The van der Waals surface area contributed by atoms with Gasteiger partial charge in [-0.05, 0) is 50.7 Å². The van der Waals surface area contributed by atoms with E-state index in [0.717, 1.165) is 57.6 Å². The molecule has 2 saturated heterocycles. The molecule has 0 unspecified atom stereocenters. The van der Waals surface area contributed by atoms with Gasteiger partial charge in [0.2, 0.25) is 5.91 Å². The minimum absolute atomic E-state index is 0.267. The molecule has 3 rings (SSSR count). The summed E-state index contributed by atoms with van der Waals surface area (Å²) >= 11 is 0. The van der Waals surface area contributed by atoms with E-state index in [1.54, 1.807) is 0 Å². The first kappa shape index (κ1) is 19.2. The van der Waals surface area contributed by atoms with Gasteiger partial charge in [-0.25, -0.2) is 0 Å². The third-order valence-electron chi connectivity index (χ3n) is 5.80. The van der Waals surface area contributed by atoms with Crippen LogP contribution in [0.5, 0.6) is 5.75 Å². The molecule has 1 amide bonds. The minimum Gasteiger partial charge on any atom is -0.490 e. The normalized spacial score (nSPS) is 20.5. The van der Waals surface area contributed by atoms with Crippen LogP contribution in [0.1, 0.15) is 56.1 Å². The highest BCUT2D eigenvalue weighted by molar-refractivity contribution is 5.78. The Morgan fingerprint density at radius 1 is 0.962 bits per heavy atom. The SMILES string of the molecule is Cc1cccc(C)c1OC1CCN(CC(=O)N2CCCCCCC2)CC1. The van der Waals surface area contributed by atoms with E-state index in [9.17, 15) is 4.79 Å². The molecule has 2 aliphatic heterocycles. The monoisotopic (exact) mass is 358 g/mol. The molecule has 26 heavy (non-hydrogen) atoms. The number of aryl methyl sites for hydroxylation is 2. The Morgan fingerprint density at radius 3 is 2.15 bits per heavy atom. The number of hydrogen-bond acceptors (Lipinski definition) is 3. The van der Waals surface area contributed by atoms with E-state index < -0.39 is 0 Å². The molecule has 0 bridgehead atoms. The molecule has 144 valence electrons. The van der Waals surface area contributed by atoms with Crippen molar-refractivity contribution in [2.24, 2.45) is 0 Å². The van der Waals surface area contributed by atoms with Crippen molar-refractivity contribution in [1.82, 2.24) is 9.80 Å². The van der Waals surface area contributed by atoms with Crippen LogP contribution in [0.25, 0.3) is 0 Å². The molecule has 0 atom stereocenters. The van der Waals surface area contributed by atoms with E-state index in [-0.39, 0.29) is 6.10 Å². The largest absolute Gasteiger partial charge is 0.490 e. The zero-order chi connectivity index (χ0) is 18.4. The highest BCUT2D eigenvalue weighted by atomic mass is 16.5. The standard InChI is InChI=1S/C22H34N2O2/c1-18-9-8-10-19(2)22(18)26-20-11-15-23(16-12-20)17-21(25)24-13-6-4-3-5-7-14-24/h8-10,20H,3-7,11-17H2,1-2H3. The van der Waals surface area contributed by atoms with Crippen molar-refractivity contribution in [1.29, 1.82) is 0 Å². The maximum Gasteiger partial charge on any atom is 0.236 e. The maximum absolute atomic E-state index is 12.6. The van der Waals surface area contributed by atoms with Gasteiger partial charge in [-0.3, -0.25) is 9.69 Å². The van der Waals surface area contributed by atoms with E-state index >= 15 is 0 Å². The van der Waals surface area contributed by atoms with Crippen LogP contribution in [-0.4, -0.2) is 54.5 Å². The molecule has 4 nitrogen and oxygen atoms in total. The van der Waals surface area contributed by atoms with Gasteiger partial charge in [-0.2, -0.15) is 0 Å². The predicted molar refractivity (Wildman–Crippen MR) is 106 cm³/mol. The van der Waals surface area contributed by atoms with Crippen LogP contribution in [0.3, 0.4) is 0 Å². The Kier molecular flexibility index (Phi) is 6.95. The van der Waals surface area contributed by atoms with E-state index in [0.29, 0.717) is 12.5 Å². The number of benzene rings is 1. The number of hydrogen-bond donors (Lipinski definition) is 0. The number of rotatable bonds is 4. The summed E-state index contributed by atoms with van der Waals surface area (Å²) in [6.07, 6.45) is 8.46. The number of piperidine rings is 1. The summed E-state index contributed by atoms with van der Waals surface area (Å²) in [7, 11) is 0. The second kappa shape index (κ2) is 9.40. The second-order valence-electron chi connectivity index (χ2n) is 7.96. The summed E-state index contributed by atoms with van der Waals surface area (Å²) < 4.78 is 6.29. The van der Waals surface area contributed by atoms with Crippen LogP contribution in [-0.2, 0) is 4.79 Å². The molecule has 0 N–H and O–H groups in total. The molecule has 0 radical (unpaired) electrons. The molecular formula is C22H34N2O2. The number of ether oxygens (including phenoxy) is 1. The van der Waals surface area contributed by atoms with Crippen molar-refractivity contribution in [3.63, 3.8) is 0 Å². The van der Waals surface area contributed by atoms with Crippen molar-refractivity contribution in [3.8, 4) is 5.75 Å². The van der Waals surface area contributed by atoms with Gasteiger partial charge in [0.15, 0.2) is 0 Å². The van der Waals surface area contributed by atoms with Crippen molar-refractivity contribution in [3.05, 3.63) is 29.3 Å². The van der Waals surface area contributed by atoms with E-state index in [2.05, 4.69) is 41.8 Å². The van der Waals surface area contributed by atoms with Gasteiger partial charge in [0.1, 0.15) is 11.9 Å². The number of carbonyl (C=O) groups excluding carboxylic acids is 1. The first-order valence-corrected chi connectivity index (χ1v) is 10.4. The molecule has 0 saturated carbocycles. The Labute approximate surface area is 158 Å². The van der Waals surface area contributed by atoms with Crippen molar-refractivity contribution in [2.75, 3.05) is 32.7 Å². The van der Waals surface area contributed by atoms with Crippen LogP contribution in [0, 0.1) is 13.8 Å². The van der Waals surface area contributed by atoms with E-state index in [1.165, 1.54) is 30.4 Å². The average Bonchev–Trinajstić information content (AvgIpc) is 2.59. The number of carbonyl (C=O) groups is 1. The summed E-state index contributed by atoms with van der Waals surface area (Å²) in [6.45, 7) is 8.61. The average molecular weight is 359 g/mol. The lowest BCUT2D eigenvalue weighted by atomic mass is 10.1. The van der Waals surface area contributed by atoms with Crippen LogP contribution >= 0.6 is 0 Å². The highest BCUT2D eigenvalue weighted by Gasteiger charge is 2.24. The lowest BCUT2D eigenvalue weighted by Gasteiger charge is -2.34.